The van der Waals surface area contributed by atoms with Gasteiger partial charge in [0.1, 0.15) is 0 Å². The summed E-state index contributed by atoms with van der Waals surface area (Å²) in [5.41, 5.74) is 4.34. The molecule has 88 valence electrons. The van der Waals surface area contributed by atoms with E-state index in [1.165, 1.54) is 23.1 Å². The lowest BCUT2D eigenvalue weighted by Crippen LogP contribution is -2.03. The van der Waals surface area contributed by atoms with E-state index in [4.69, 9.17) is 4.74 Å². The minimum Gasteiger partial charge on any atom is -0.370 e. The van der Waals surface area contributed by atoms with Gasteiger partial charge in [-0.3, -0.25) is 0 Å². The SMILES string of the molecule is CCC1OC1CC(C)c1cccc(C)c1C. The summed E-state index contributed by atoms with van der Waals surface area (Å²) in [5, 5.41) is 0. The maximum atomic E-state index is 5.63. The van der Waals surface area contributed by atoms with Gasteiger partial charge >= 0.3 is 0 Å². The van der Waals surface area contributed by atoms with Crippen LogP contribution in [0, 0.1) is 13.8 Å². The van der Waals surface area contributed by atoms with Crippen molar-refractivity contribution in [2.45, 2.75) is 58.7 Å². The Balaban J connectivity index is 2.04. The lowest BCUT2D eigenvalue weighted by Gasteiger charge is -2.15. The number of ether oxygens (including phenoxy) is 1. The molecule has 0 aliphatic carbocycles. The molecule has 1 nitrogen and oxygen atoms in total. The van der Waals surface area contributed by atoms with Gasteiger partial charge < -0.3 is 4.74 Å². The molecule has 1 aromatic rings. The van der Waals surface area contributed by atoms with E-state index in [1.54, 1.807) is 0 Å². The van der Waals surface area contributed by atoms with Crippen molar-refractivity contribution in [3.63, 3.8) is 0 Å². The van der Waals surface area contributed by atoms with Crippen LogP contribution in [0.25, 0.3) is 0 Å². The van der Waals surface area contributed by atoms with Crippen LogP contribution in [0.5, 0.6) is 0 Å². The molecule has 0 amide bonds. The molecular formula is C15H22O. The van der Waals surface area contributed by atoms with Crippen molar-refractivity contribution in [2.75, 3.05) is 0 Å². The topological polar surface area (TPSA) is 12.5 Å². The third-order valence-corrected chi connectivity index (χ3v) is 3.85. The Morgan fingerprint density at radius 3 is 2.62 bits per heavy atom. The molecule has 1 aliphatic heterocycles. The fourth-order valence-electron chi connectivity index (χ4n) is 2.53. The number of hydrogen-bond donors (Lipinski definition) is 0. The minimum atomic E-state index is 0.514. The molecule has 0 radical (unpaired) electrons. The maximum Gasteiger partial charge on any atom is 0.0847 e. The van der Waals surface area contributed by atoms with E-state index in [0.717, 1.165) is 6.42 Å². The third kappa shape index (κ3) is 2.30. The highest BCUT2D eigenvalue weighted by atomic mass is 16.6. The summed E-state index contributed by atoms with van der Waals surface area (Å²) in [5.74, 6) is 0.612. The number of hydrogen-bond acceptors (Lipinski definition) is 1. The largest absolute Gasteiger partial charge is 0.370 e. The van der Waals surface area contributed by atoms with Gasteiger partial charge in [-0.2, -0.15) is 0 Å². The van der Waals surface area contributed by atoms with E-state index < -0.39 is 0 Å². The van der Waals surface area contributed by atoms with Crippen molar-refractivity contribution in [3.05, 3.63) is 34.9 Å². The molecule has 1 saturated heterocycles. The van der Waals surface area contributed by atoms with Crippen molar-refractivity contribution in [1.29, 1.82) is 0 Å². The average molecular weight is 218 g/mol. The highest BCUT2D eigenvalue weighted by Gasteiger charge is 2.37. The van der Waals surface area contributed by atoms with Crippen LogP contribution in [0.3, 0.4) is 0 Å². The fraction of sp³-hybridized carbons (Fsp3) is 0.600. The highest BCUT2D eigenvalue weighted by molar-refractivity contribution is 5.35. The molecule has 1 aromatic carbocycles. The summed E-state index contributed by atoms with van der Waals surface area (Å²) in [6.07, 6.45) is 3.37. The molecule has 0 bridgehead atoms. The average Bonchev–Trinajstić information content (AvgIpc) is 3.00. The van der Waals surface area contributed by atoms with Gasteiger partial charge in [0, 0.05) is 0 Å². The van der Waals surface area contributed by atoms with Crippen LogP contribution in [-0.4, -0.2) is 12.2 Å². The quantitative estimate of drug-likeness (QED) is 0.696. The highest BCUT2D eigenvalue weighted by Crippen LogP contribution is 2.35. The van der Waals surface area contributed by atoms with Gasteiger partial charge in [-0.05, 0) is 49.3 Å². The van der Waals surface area contributed by atoms with Gasteiger partial charge in [0.15, 0.2) is 0 Å². The van der Waals surface area contributed by atoms with Crippen LogP contribution in [0.4, 0.5) is 0 Å². The summed E-state index contributed by atoms with van der Waals surface area (Å²) < 4.78 is 5.63. The van der Waals surface area contributed by atoms with Crippen molar-refractivity contribution < 1.29 is 4.74 Å². The molecule has 3 atom stereocenters. The van der Waals surface area contributed by atoms with Crippen LogP contribution in [-0.2, 0) is 4.74 Å². The summed E-state index contributed by atoms with van der Waals surface area (Å²) in [6.45, 7) is 8.93. The molecular weight excluding hydrogens is 196 g/mol. The Morgan fingerprint density at radius 1 is 1.25 bits per heavy atom. The Bertz CT molecular complexity index is 370. The van der Waals surface area contributed by atoms with Crippen molar-refractivity contribution in [3.8, 4) is 0 Å². The molecule has 0 spiro atoms. The van der Waals surface area contributed by atoms with E-state index in [0.29, 0.717) is 18.1 Å². The lowest BCUT2D eigenvalue weighted by molar-refractivity contribution is 0.353. The first kappa shape index (κ1) is 11.7. The molecule has 1 heterocycles. The zero-order chi connectivity index (χ0) is 11.7. The first-order chi connectivity index (χ1) is 7.63. The molecule has 1 fully saturated rings. The summed E-state index contributed by atoms with van der Waals surface area (Å²) in [6, 6.07) is 6.61. The summed E-state index contributed by atoms with van der Waals surface area (Å²) in [4.78, 5) is 0. The molecule has 3 unspecified atom stereocenters. The molecule has 2 rings (SSSR count). The predicted octanol–water partition coefficient (Wildman–Crippen LogP) is 3.97. The van der Waals surface area contributed by atoms with Crippen LogP contribution in [0.1, 0.15) is 49.3 Å². The predicted molar refractivity (Wildman–Crippen MR) is 67.9 cm³/mol. The van der Waals surface area contributed by atoms with Crippen molar-refractivity contribution in [1.82, 2.24) is 0 Å². The van der Waals surface area contributed by atoms with Crippen molar-refractivity contribution >= 4 is 0 Å². The van der Waals surface area contributed by atoms with Gasteiger partial charge in [0.25, 0.3) is 0 Å². The normalized spacial score (nSPS) is 25.5. The van der Waals surface area contributed by atoms with Crippen LogP contribution in [0.15, 0.2) is 18.2 Å². The first-order valence-corrected chi connectivity index (χ1v) is 6.35. The summed E-state index contributed by atoms with van der Waals surface area (Å²) in [7, 11) is 0. The van der Waals surface area contributed by atoms with Crippen LogP contribution < -0.4 is 0 Å². The molecule has 0 saturated carbocycles. The van der Waals surface area contributed by atoms with E-state index >= 15 is 0 Å². The van der Waals surface area contributed by atoms with E-state index in [1.807, 2.05) is 0 Å². The molecule has 1 aliphatic rings. The van der Waals surface area contributed by atoms with E-state index in [-0.39, 0.29) is 0 Å². The van der Waals surface area contributed by atoms with Gasteiger partial charge in [-0.25, -0.2) is 0 Å². The molecule has 1 heteroatoms. The zero-order valence-corrected chi connectivity index (χ0v) is 10.8. The molecule has 0 aromatic heterocycles. The number of rotatable bonds is 4. The van der Waals surface area contributed by atoms with Crippen LogP contribution >= 0.6 is 0 Å². The van der Waals surface area contributed by atoms with Gasteiger partial charge in [0.2, 0.25) is 0 Å². The molecule has 16 heavy (non-hydrogen) atoms. The smallest absolute Gasteiger partial charge is 0.0847 e. The summed E-state index contributed by atoms with van der Waals surface area (Å²) >= 11 is 0. The lowest BCUT2D eigenvalue weighted by atomic mass is 9.90. The van der Waals surface area contributed by atoms with Crippen molar-refractivity contribution in [2.24, 2.45) is 0 Å². The van der Waals surface area contributed by atoms with E-state index in [2.05, 4.69) is 45.9 Å². The monoisotopic (exact) mass is 218 g/mol. The standard InChI is InChI=1S/C15H22O/c1-5-14-15(16-14)9-11(3)13-8-6-7-10(2)12(13)4/h6-8,11,14-15H,5,9H2,1-4H3. The Labute approximate surface area is 98.8 Å². The second-order valence-corrected chi connectivity index (χ2v) is 5.05. The fourth-order valence-corrected chi connectivity index (χ4v) is 2.53. The van der Waals surface area contributed by atoms with Gasteiger partial charge in [-0.15, -0.1) is 0 Å². The maximum absolute atomic E-state index is 5.63. The van der Waals surface area contributed by atoms with E-state index in [9.17, 15) is 0 Å². The molecule has 0 N–H and O–H groups in total. The number of aryl methyl sites for hydroxylation is 1. The zero-order valence-electron chi connectivity index (χ0n) is 10.8. The number of epoxide rings is 1. The number of benzene rings is 1. The Hall–Kier alpha value is -0.820. The Kier molecular flexibility index (Phi) is 3.34. The van der Waals surface area contributed by atoms with Crippen LogP contribution in [0.2, 0.25) is 0 Å². The van der Waals surface area contributed by atoms with Gasteiger partial charge in [0.05, 0.1) is 12.2 Å². The second kappa shape index (κ2) is 4.58. The van der Waals surface area contributed by atoms with Gasteiger partial charge in [-0.1, -0.05) is 32.0 Å². The second-order valence-electron chi connectivity index (χ2n) is 5.05. The third-order valence-electron chi connectivity index (χ3n) is 3.85. The minimum absolute atomic E-state index is 0.514. The first-order valence-electron chi connectivity index (χ1n) is 6.35. The Morgan fingerprint density at radius 2 is 2.00 bits per heavy atom.